The highest BCUT2D eigenvalue weighted by atomic mass is 32.2. The van der Waals surface area contributed by atoms with Crippen molar-refractivity contribution in [2.45, 2.75) is 23.7 Å². The molecule has 1 saturated heterocycles. The normalized spacial score (nSPS) is 18.7. The lowest BCUT2D eigenvalue weighted by atomic mass is 10.3. The van der Waals surface area contributed by atoms with E-state index in [1.165, 1.54) is 41.4 Å². The van der Waals surface area contributed by atoms with Gasteiger partial charge in [-0.2, -0.15) is 4.31 Å². The van der Waals surface area contributed by atoms with Crippen LogP contribution in [0.25, 0.3) is 5.65 Å². The summed E-state index contributed by atoms with van der Waals surface area (Å²) in [5.41, 5.74) is 3.17. The van der Waals surface area contributed by atoms with Crippen LogP contribution in [0.3, 0.4) is 0 Å². The third-order valence-electron chi connectivity index (χ3n) is 5.50. The van der Waals surface area contributed by atoms with Crippen LogP contribution in [0.2, 0.25) is 0 Å². The zero-order valence-corrected chi connectivity index (χ0v) is 16.1. The van der Waals surface area contributed by atoms with E-state index < -0.39 is 15.8 Å². The number of halogens is 1. The lowest BCUT2D eigenvalue weighted by Crippen LogP contribution is -2.48. The highest BCUT2D eigenvalue weighted by Crippen LogP contribution is 2.39. The SMILES string of the molecule is O=S(=O)(c1ccc(F)cc1)N1CCN(c2ccc3nc(C4CC4)cn3c2)CC1. The van der Waals surface area contributed by atoms with E-state index in [9.17, 15) is 12.8 Å². The van der Waals surface area contributed by atoms with Crippen LogP contribution in [-0.2, 0) is 10.0 Å². The number of rotatable bonds is 4. The van der Waals surface area contributed by atoms with Gasteiger partial charge >= 0.3 is 0 Å². The molecule has 146 valence electrons. The number of hydrogen-bond donors (Lipinski definition) is 0. The number of aromatic nitrogens is 2. The zero-order chi connectivity index (χ0) is 19.3. The average molecular weight is 400 g/mol. The number of fused-ring (bicyclic) bond motifs is 1. The van der Waals surface area contributed by atoms with E-state index in [0.29, 0.717) is 32.1 Å². The quantitative estimate of drug-likeness (QED) is 0.676. The van der Waals surface area contributed by atoms with Gasteiger partial charge in [0.25, 0.3) is 0 Å². The molecule has 0 unspecified atom stereocenters. The molecule has 1 aliphatic carbocycles. The Hall–Kier alpha value is -2.45. The van der Waals surface area contributed by atoms with Gasteiger partial charge in [0, 0.05) is 44.5 Å². The highest BCUT2D eigenvalue weighted by Gasteiger charge is 2.29. The predicted octanol–water partition coefficient (Wildman–Crippen LogP) is 2.86. The molecule has 1 saturated carbocycles. The Bertz CT molecular complexity index is 1110. The van der Waals surface area contributed by atoms with Crippen molar-refractivity contribution in [1.82, 2.24) is 13.7 Å². The van der Waals surface area contributed by atoms with Gasteiger partial charge in [0.1, 0.15) is 11.5 Å². The molecule has 3 aromatic rings. The van der Waals surface area contributed by atoms with Crippen LogP contribution < -0.4 is 4.90 Å². The fraction of sp³-hybridized carbons (Fsp3) is 0.350. The fourth-order valence-electron chi connectivity index (χ4n) is 3.70. The second-order valence-electron chi connectivity index (χ2n) is 7.44. The Balaban J connectivity index is 1.31. The Morgan fingerprint density at radius 1 is 0.929 bits per heavy atom. The summed E-state index contributed by atoms with van der Waals surface area (Å²) in [7, 11) is -3.59. The van der Waals surface area contributed by atoms with Crippen LogP contribution in [0.15, 0.2) is 53.7 Å². The Morgan fingerprint density at radius 3 is 2.32 bits per heavy atom. The first-order valence-electron chi connectivity index (χ1n) is 9.50. The Morgan fingerprint density at radius 2 is 1.64 bits per heavy atom. The molecule has 1 aliphatic heterocycles. The summed E-state index contributed by atoms with van der Waals surface area (Å²) in [4.78, 5) is 7.00. The second-order valence-corrected chi connectivity index (χ2v) is 9.38. The molecule has 5 rings (SSSR count). The van der Waals surface area contributed by atoms with Crippen molar-refractivity contribution >= 4 is 21.4 Å². The van der Waals surface area contributed by atoms with Crippen LogP contribution in [0, 0.1) is 5.82 Å². The molecule has 0 radical (unpaired) electrons. The lowest BCUT2D eigenvalue weighted by molar-refractivity contribution is 0.384. The van der Waals surface area contributed by atoms with Gasteiger partial charge in [-0.05, 0) is 49.2 Å². The van der Waals surface area contributed by atoms with E-state index in [4.69, 9.17) is 0 Å². The molecule has 2 aliphatic rings. The summed E-state index contributed by atoms with van der Waals surface area (Å²) in [6.45, 7) is 2.01. The highest BCUT2D eigenvalue weighted by molar-refractivity contribution is 7.89. The molecule has 1 aromatic carbocycles. The number of nitrogens with zero attached hydrogens (tertiary/aromatic N) is 4. The molecule has 2 aromatic heterocycles. The van der Waals surface area contributed by atoms with Crippen LogP contribution in [0.4, 0.5) is 10.1 Å². The third kappa shape index (κ3) is 3.16. The van der Waals surface area contributed by atoms with Crippen molar-refractivity contribution in [2.24, 2.45) is 0 Å². The second kappa shape index (κ2) is 6.56. The van der Waals surface area contributed by atoms with Gasteiger partial charge in [0.15, 0.2) is 0 Å². The predicted molar refractivity (Wildman–Crippen MR) is 105 cm³/mol. The van der Waals surface area contributed by atoms with Crippen molar-refractivity contribution < 1.29 is 12.8 Å². The van der Waals surface area contributed by atoms with Gasteiger partial charge < -0.3 is 9.30 Å². The number of benzene rings is 1. The Kier molecular flexibility index (Phi) is 4.13. The molecule has 6 nitrogen and oxygen atoms in total. The number of piperazine rings is 1. The van der Waals surface area contributed by atoms with Gasteiger partial charge in [-0.3, -0.25) is 0 Å². The molecule has 2 fully saturated rings. The average Bonchev–Trinajstić information content (AvgIpc) is 3.47. The topological polar surface area (TPSA) is 57.9 Å². The smallest absolute Gasteiger partial charge is 0.243 e. The minimum absolute atomic E-state index is 0.134. The fourth-order valence-corrected chi connectivity index (χ4v) is 5.13. The van der Waals surface area contributed by atoms with E-state index in [2.05, 4.69) is 26.7 Å². The maximum absolute atomic E-state index is 13.1. The Labute approximate surface area is 163 Å². The van der Waals surface area contributed by atoms with Crippen molar-refractivity contribution in [2.75, 3.05) is 31.1 Å². The van der Waals surface area contributed by atoms with Crippen molar-refractivity contribution in [3.8, 4) is 0 Å². The number of sulfonamides is 1. The molecular formula is C20H21FN4O2S. The van der Waals surface area contributed by atoms with E-state index in [0.717, 1.165) is 17.0 Å². The van der Waals surface area contributed by atoms with E-state index in [-0.39, 0.29) is 4.90 Å². The molecule has 0 amide bonds. The van der Waals surface area contributed by atoms with Crippen molar-refractivity contribution in [3.63, 3.8) is 0 Å². The van der Waals surface area contributed by atoms with Gasteiger partial charge in [0.2, 0.25) is 10.0 Å². The van der Waals surface area contributed by atoms with Gasteiger partial charge in [-0.25, -0.2) is 17.8 Å². The van der Waals surface area contributed by atoms with Crippen LogP contribution in [0.1, 0.15) is 24.5 Å². The molecule has 0 atom stereocenters. The van der Waals surface area contributed by atoms with Crippen LogP contribution in [0.5, 0.6) is 0 Å². The number of imidazole rings is 1. The monoisotopic (exact) mass is 400 g/mol. The molecular weight excluding hydrogens is 379 g/mol. The molecule has 3 heterocycles. The maximum atomic E-state index is 13.1. The van der Waals surface area contributed by atoms with Crippen molar-refractivity contribution in [1.29, 1.82) is 0 Å². The van der Waals surface area contributed by atoms with E-state index in [1.807, 2.05) is 12.1 Å². The summed E-state index contributed by atoms with van der Waals surface area (Å²) < 4.78 is 42.1. The molecule has 28 heavy (non-hydrogen) atoms. The lowest BCUT2D eigenvalue weighted by Gasteiger charge is -2.35. The van der Waals surface area contributed by atoms with Crippen LogP contribution >= 0.6 is 0 Å². The molecule has 0 spiro atoms. The molecule has 8 heteroatoms. The minimum Gasteiger partial charge on any atom is -0.368 e. The standard InChI is InChI=1S/C20H21FN4O2S/c21-16-3-6-18(7-4-16)28(26,27)25-11-9-23(10-12-25)17-5-8-20-22-19(15-1-2-15)14-24(20)13-17/h3-8,13-15H,1-2,9-12H2. The maximum Gasteiger partial charge on any atom is 0.243 e. The third-order valence-corrected chi connectivity index (χ3v) is 7.42. The zero-order valence-electron chi connectivity index (χ0n) is 15.3. The summed E-state index contributed by atoms with van der Waals surface area (Å²) in [5, 5.41) is 0. The van der Waals surface area contributed by atoms with E-state index >= 15 is 0 Å². The molecule has 0 N–H and O–H groups in total. The van der Waals surface area contributed by atoms with Crippen LogP contribution in [-0.4, -0.2) is 48.3 Å². The summed E-state index contributed by atoms with van der Waals surface area (Å²) >= 11 is 0. The molecule has 0 bridgehead atoms. The largest absolute Gasteiger partial charge is 0.368 e. The van der Waals surface area contributed by atoms with Gasteiger partial charge in [-0.1, -0.05) is 0 Å². The van der Waals surface area contributed by atoms with Gasteiger partial charge in [-0.15, -0.1) is 0 Å². The first-order valence-corrected chi connectivity index (χ1v) is 10.9. The van der Waals surface area contributed by atoms with E-state index in [1.54, 1.807) is 0 Å². The number of hydrogen-bond acceptors (Lipinski definition) is 4. The summed E-state index contributed by atoms with van der Waals surface area (Å²) in [6.07, 6.45) is 6.62. The van der Waals surface area contributed by atoms with Crippen molar-refractivity contribution in [3.05, 3.63) is 60.3 Å². The van der Waals surface area contributed by atoms with Gasteiger partial charge in [0.05, 0.1) is 16.3 Å². The number of pyridine rings is 1. The summed E-state index contributed by atoms with van der Waals surface area (Å²) in [6, 6.07) is 9.06. The number of anilines is 1. The first kappa shape index (κ1) is 17.6. The minimum atomic E-state index is -3.59. The first-order chi connectivity index (χ1) is 13.5. The summed E-state index contributed by atoms with van der Waals surface area (Å²) in [5.74, 6) is 0.173.